The summed E-state index contributed by atoms with van der Waals surface area (Å²) in [5.41, 5.74) is 0.227. The van der Waals surface area contributed by atoms with Gasteiger partial charge in [0.15, 0.2) is 0 Å². The van der Waals surface area contributed by atoms with Crippen molar-refractivity contribution in [1.82, 2.24) is 9.97 Å². The van der Waals surface area contributed by atoms with Crippen LogP contribution in [-0.4, -0.2) is 25.5 Å². The van der Waals surface area contributed by atoms with Gasteiger partial charge in [0.2, 0.25) is 5.88 Å². The fraction of sp³-hybridized carbons (Fsp3) is 0.0909. The Morgan fingerprint density at radius 1 is 1.32 bits per heavy atom. The maximum absolute atomic E-state index is 12.2. The molecule has 2 aromatic rings. The van der Waals surface area contributed by atoms with Crippen LogP contribution in [0.3, 0.4) is 0 Å². The minimum atomic E-state index is -3.84. The van der Waals surface area contributed by atoms with Crippen molar-refractivity contribution in [1.29, 1.82) is 0 Å². The smallest absolute Gasteiger partial charge is 0.265 e. The molecule has 6 nitrogen and oxygen atoms in total. The summed E-state index contributed by atoms with van der Waals surface area (Å²) >= 11 is 5.84. The summed E-state index contributed by atoms with van der Waals surface area (Å²) in [6.07, 6.45) is 4.08. The predicted octanol–water partition coefficient (Wildman–Crippen LogP) is 1.94. The lowest BCUT2D eigenvalue weighted by molar-refractivity contribution is 0.400. The van der Waals surface area contributed by atoms with Crippen molar-refractivity contribution in [2.75, 3.05) is 11.8 Å². The van der Waals surface area contributed by atoms with Crippen LogP contribution >= 0.6 is 11.6 Å². The van der Waals surface area contributed by atoms with Gasteiger partial charge in [0.1, 0.15) is 10.6 Å². The van der Waals surface area contributed by atoms with Crippen molar-refractivity contribution in [2.24, 2.45) is 0 Å². The molecule has 100 valence electrons. The average Bonchev–Trinajstić information content (AvgIpc) is 2.39. The first-order valence-corrected chi connectivity index (χ1v) is 7.02. The van der Waals surface area contributed by atoms with E-state index in [-0.39, 0.29) is 21.5 Å². The second kappa shape index (κ2) is 5.41. The van der Waals surface area contributed by atoms with Gasteiger partial charge >= 0.3 is 0 Å². The van der Waals surface area contributed by atoms with Crippen molar-refractivity contribution in [3.05, 3.63) is 41.8 Å². The molecule has 0 radical (unpaired) electrons. The minimum absolute atomic E-state index is 0.0883. The highest BCUT2D eigenvalue weighted by Crippen LogP contribution is 2.26. The number of hydrogen-bond acceptors (Lipinski definition) is 5. The lowest BCUT2D eigenvalue weighted by Crippen LogP contribution is -2.14. The Kier molecular flexibility index (Phi) is 3.87. The third-order valence-corrected chi connectivity index (χ3v) is 4.07. The number of anilines is 1. The van der Waals surface area contributed by atoms with Gasteiger partial charge in [0.05, 0.1) is 12.1 Å². The van der Waals surface area contributed by atoms with E-state index in [1.807, 2.05) is 0 Å². The minimum Gasteiger partial charge on any atom is -0.480 e. The molecule has 2 heterocycles. The van der Waals surface area contributed by atoms with Gasteiger partial charge in [-0.05, 0) is 18.2 Å². The molecule has 0 fully saturated rings. The van der Waals surface area contributed by atoms with Crippen LogP contribution in [0.2, 0.25) is 5.02 Å². The Morgan fingerprint density at radius 3 is 2.79 bits per heavy atom. The monoisotopic (exact) mass is 299 g/mol. The Labute approximate surface area is 115 Å². The van der Waals surface area contributed by atoms with Crippen LogP contribution in [-0.2, 0) is 10.0 Å². The number of sulfonamides is 1. The van der Waals surface area contributed by atoms with Crippen LogP contribution in [0, 0.1) is 0 Å². The number of pyridine rings is 2. The molecule has 19 heavy (non-hydrogen) atoms. The van der Waals surface area contributed by atoms with Crippen LogP contribution in [0.25, 0.3) is 0 Å². The highest BCUT2D eigenvalue weighted by molar-refractivity contribution is 7.92. The van der Waals surface area contributed by atoms with E-state index in [0.29, 0.717) is 0 Å². The molecule has 8 heteroatoms. The Morgan fingerprint density at radius 2 is 2.11 bits per heavy atom. The van der Waals surface area contributed by atoms with Gasteiger partial charge in [0, 0.05) is 18.6 Å². The zero-order valence-electron chi connectivity index (χ0n) is 9.87. The van der Waals surface area contributed by atoms with E-state index in [1.165, 1.54) is 37.8 Å². The number of nitrogens with one attached hydrogen (secondary N) is 1. The van der Waals surface area contributed by atoms with Crippen LogP contribution in [0.5, 0.6) is 5.88 Å². The van der Waals surface area contributed by atoms with Crippen molar-refractivity contribution >= 4 is 27.3 Å². The number of hydrogen-bond donors (Lipinski definition) is 1. The molecule has 0 saturated heterocycles. The van der Waals surface area contributed by atoms with E-state index < -0.39 is 10.0 Å². The maximum Gasteiger partial charge on any atom is 0.265 e. The molecule has 0 amide bonds. The molecular formula is C11H10ClN3O3S. The van der Waals surface area contributed by atoms with E-state index in [2.05, 4.69) is 14.7 Å². The molecule has 2 rings (SSSR count). The zero-order valence-corrected chi connectivity index (χ0v) is 11.4. The normalized spacial score (nSPS) is 11.1. The topological polar surface area (TPSA) is 81.2 Å². The molecular weight excluding hydrogens is 290 g/mol. The Bertz CT molecular complexity index is 691. The van der Waals surface area contributed by atoms with Crippen molar-refractivity contribution < 1.29 is 13.2 Å². The summed E-state index contributed by atoms with van der Waals surface area (Å²) in [5, 5.41) is 0.0883. The number of rotatable bonds is 4. The van der Waals surface area contributed by atoms with E-state index in [0.717, 1.165) is 0 Å². The quantitative estimate of drug-likeness (QED) is 0.933. The largest absolute Gasteiger partial charge is 0.480 e. The SMILES string of the molecule is COc1ncccc1NS(=O)(=O)c1cnccc1Cl. The Balaban J connectivity index is 2.40. The van der Waals surface area contributed by atoms with E-state index in [1.54, 1.807) is 6.07 Å². The molecule has 0 saturated carbocycles. The molecule has 0 bridgehead atoms. The van der Waals surface area contributed by atoms with E-state index in [9.17, 15) is 8.42 Å². The van der Waals surface area contributed by atoms with Crippen molar-refractivity contribution in [2.45, 2.75) is 4.90 Å². The van der Waals surface area contributed by atoms with E-state index >= 15 is 0 Å². The number of methoxy groups -OCH3 is 1. The first-order chi connectivity index (χ1) is 9.04. The number of nitrogens with zero attached hydrogens (tertiary/aromatic N) is 2. The van der Waals surface area contributed by atoms with Crippen molar-refractivity contribution in [3.63, 3.8) is 0 Å². The van der Waals surface area contributed by atoms with Crippen LogP contribution in [0.15, 0.2) is 41.7 Å². The third-order valence-electron chi connectivity index (χ3n) is 2.23. The lowest BCUT2D eigenvalue weighted by Gasteiger charge is -2.11. The summed E-state index contributed by atoms with van der Waals surface area (Å²) in [5.74, 6) is 0.172. The second-order valence-electron chi connectivity index (χ2n) is 3.47. The van der Waals surface area contributed by atoms with Gasteiger partial charge in [-0.25, -0.2) is 13.4 Å². The number of ether oxygens (including phenoxy) is 1. The molecule has 2 aromatic heterocycles. The summed E-state index contributed by atoms with van der Waals surface area (Å²) in [6, 6.07) is 4.52. The third kappa shape index (κ3) is 2.94. The highest BCUT2D eigenvalue weighted by Gasteiger charge is 2.20. The van der Waals surface area contributed by atoms with Crippen LogP contribution in [0.4, 0.5) is 5.69 Å². The molecule has 0 atom stereocenters. The molecule has 0 aromatic carbocycles. The van der Waals surface area contributed by atoms with Gasteiger partial charge in [0.25, 0.3) is 10.0 Å². The lowest BCUT2D eigenvalue weighted by atomic mass is 10.4. The van der Waals surface area contributed by atoms with Crippen LogP contribution < -0.4 is 9.46 Å². The second-order valence-corrected chi connectivity index (χ2v) is 5.53. The summed E-state index contributed by atoms with van der Waals surface area (Å²) in [4.78, 5) is 7.54. The molecule has 1 N–H and O–H groups in total. The fourth-order valence-electron chi connectivity index (χ4n) is 1.39. The summed E-state index contributed by atoms with van der Waals surface area (Å²) in [6.45, 7) is 0. The standard InChI is InChI=1S/C11H10ClN3O3S/c1-18-11-9(3-2-5-14-11)15-19(16,17)10-7-13-6-4-8(10)12/h2-7,15H,1H3. The predicted molar refractivity (Wildman–Crippen MR) is 70.8 cm³/mol. The molecule has 0 spiro atoms. The Hall–Kier alpha value is -1.86. The molecule has 0 unspecified atom stereocenters. The molecule has 0 aliphatic rings. The maximum atomic E-state index is 12.2. The van der Waals surface area contributed by atoms with Gasteiger partial charge in [-0.15, -0.1) is 0 Å². The summed E-state index contributed by atoms with van der Waals surface area (Å²) in [7, 11) is -2.44. The first kappa shape index (κ1) is 13.6. The summed E-state index contributed by atoms with van der Waals surface area (Å²) < 4.78 is 31.7. The van der Waals surface area contributed by atoms with E-state index in [4.69, 9.17) is 16.3 Å². The zero-order chi connectivity index (χ0) is 13.9. The van der Waals surface area contributed by atoms with Gasteiger partial charge in [-0.1, -0.05) is 11.6 Å². The van der Waals surface area contributed by atoms with Gasteiger partial charge < -0.3 is 4.74 Å². The fourth-order valence-corrected chi connectivity index (χ4v) is 2.88. The number of halogens is 1. The van der Waals surface area contributed by atoms with Gasteiger partial charge in [-0.2, -0.15) is 0 Å². The molecule has 0 aliphatic carbocycles. The van der Waals surface area contributed by atoms with Crippen LogP contribution in [0.1, 0.15) is 0 Å². The first-order valence-electron chi connectivity index (χ1n) is 5.16. The van der Waals surface area contributed by atoms with Crippen molar-refractivity contribution in [3.8, 4) is 5.88 Å². The molecule has 0 aliphatic heterocycles. The number of aromatic nitrogens is 2. The van der Waals surface area contributed by atoms with Gasteiger partial charge in [-0.3, -0.25) is 9.71 Å². The highest BCUT2D eigenvalue weighted by atomic mass is 35.5. The average molecular weight is 300 g/mol.